The number of halogens is 2. The van der Waals surface area contributed by atoms with Crippen molar-refractivity contribution in [1.82, 2.24) is 0 Å². The van der Waals surface area contributed by atoms with E-state index in [1.165, 1.54) is 5.30 Å². The predicted octanol–water partition coefficient (Wildman–Crippen LogP) is 2.03. The fraction of sp³-hybridized carbons (Fsp3) is 0. The Kier molecular flexibility index (Phi) is 8.44. The molecular weight excluding hydrogens is 174 g/mol. The molecule has 0 radical (unpaired) electrons. The van der Waals surface area contributed by atoms with Gasteiger partial charge in [-0.2, -0.15) is 0 Å². The molecule has 1 rings (SSSR count). The summed E-state index contributed by atoms with van der Waals surface area (Å²) in [7, 11) is 2.63. The summed E-state index contributed by atoms with van der Waals surface area (Å²) in [5.41, 5.74) is 0. The van der Waals surface area contributed by atoms with Crippen molar-refractivity contribution in [2.75, 3.05) is 0 Å². The smallest absolute Gasteiger partial charge is 0.0303 e. The van der Waals surface area contributed by atoms with Crippen molar-refractivity contribution in [3.8, 4) is 0 Å². The van der Waals surface area contributed by atoms with Gasteiger partial charge in [-0.25, -0.2) is 0 Å². The fourth-order valence-corrected chi connectivity index (χ4v) is 0.675. The molecule has 0 aliphatic rings. The van der Waals surface area contributed by atoms with Crippen molar-refractivity contribution in [2.24, 2.45) is 0 Å². The van der Waals surface area contributed by atoms with E-state index in [-0.39, 0.29) is 24.8 Å². The van der Waals surface area contributed by atoms with Gasteiger partial charge in [-0.1, -0.05) is 30.3 Å². The molecule has 0 N–H and O–H groups in total. The zero-order chi connectivity index (χ0) is 5.11. The fourth-order valence-electron chi connectivity index (χ4n) is 0.453. The van der Waals surface area contributed by atoms with E-state index >= 15 is 0 Å². The Balaban J connectivity index is 0. The van der Waals surface area contributed by atoms with E-state index in [0.29, 0.717) is 0 Å². The van der Waals surface area contributed by atoms with Gasteiger partial charge in [0, 0.05) is 0 Å². The number of benzene rings is 1. The first-order chi connectivity index (χ1) is 3.39. The first-order valence-corrected chi connectivity index (χ1v) is 2.78. The highest BCUT2D eigenvalue weighted by atomic mass is 35.5. The summed E-state index contributed by atoms with van der Waals surface area (Å²) >= 11 is 0. The zero-order valence-electron chi connectivity index (χ0n) is 4.78. The van der Waals surface area contributed by atoms with Gasteiger partial charge < -0.3 is 0 Å². The summed E-state index contributed by atoms with van der Waals surface area (Å²) in [6, 6.07) is 10.1. The van der Waals surface area contributed by atoms with Crippen molar-refractivity contribution in [1.29, 1.82) is 0 Å². The van der Waals surface area contributed by atoms with Gasteiger partial charge >= 0.3 is 0 Å². The topological polar surface area (TPSA) is 0 Å². The highest BCUT2D eigenvalue weighted by Gasteiger charge is 1.72. The summed E-state index contributed by atoms with van der Waals surface area (Å²) in [4.78, 5) is 0. The van der Waals surface area contributed by atoms with Gasteiger partial charge in [0.1, 0.15) is 0 Å². The molecule has 52 valence electrons. The van der Waals surface area contributed by atoms with Crippen LogP contribution in [0.5, 0.6) is 0 Å². The van der Waals surface area contributed by atoms with Crippen LogP contribution in [-0.4, -0.2) is 0 Å². The lowest BCUT2D eigenvalue weighted by Crippen LogP contribution is -1.82. The Morgan fingerprint density at radius 3 is 1.56 bits per heavy atom. The predicted molar refractivity (Wildman–Crippen MR) is 50.3 cm³/mol. The summed E-state index contributed by atoms with van der Waals surface area (Å²) in [5.74, 6) is 0. The van der Waals surface area contributed by atoms with Gasteiger partial charge in [0.2, 0.25) is 0 Å². The summed E-state index contributed by atoms with van der Waals surface area (Å²) < 4.78 is 0. The highest BCUT2D eigenvalue weighted by molar-refractivity contribution is 7.27. The van der Waals surface area contributed by atoms with E-state index < -0.39 is 0 Å². The number of rotatable bonds is 0. The molecule has 3 heteroatoms. The lowest BCUT2D eigenvalue weighted by Gasteiger charge is -1.82. The Morgan fingerprint density at radius 1 is 0.889 bits per heavy atom. The standard InChI is InChI=1S/C6H7P.2ClH/c7-6-4-2-1-3-5-6;;/h1-5H,7H2;2*1H. The van der Waals surface area contributed by atoms with Gasteiger partial charge in [0.15, 0.2) is 0 Å². The summed E-state index contributed by atoms with van der Waals surface area (Å²) in [5, 5.41) is 1.24. The highest BCUT2D eigenvalue weighted by Crippen LogP contribution is 1.86. The van der Waals surface area contributed by atoms with Crippen molar-refractivity contribution in [3.05, 3.63) is 30.3 Å². The first kappa shape index (κ1) is 12.0. The van der Waals surface area contributed by atoms with Crippen LogP contribution in [-0.2, 0) is 0 Å². The maximum Gasteiger partial charge on any atom is -0.0303 e. The second kappa shape index (κ2) is 6.35. The molecule has 0 saturated heterocycles. The van der Waals surface area contributed by atoms with Gasteiger partial charge in [0.25, 0.3) is 0 Å². The minimum absolute atomic E-state index is 0. The molecule has 0 aliphatic carbocycles. The lowest BCUT2D eigenvalue weighted by molar-refractivity contribution is 1.78. The van der Waals surface area contributed by atoms with Gasteiger partial charge in [-0.3, -0.25) is 0 Å². The molecular formula is C6H9Cl2P. The van der Waals surface area contributed by atoms with Crippen LogP contribution in [0.2, 0.25) is 0 Å². The molecule has 0 saturated carbocycles. The molecule has 0 amide bonds. The zero-order valence-corrected chi connectivity index (χ0v) is 7.57. The largest absolute Gasteiger partial charge is 0.147 e. The van der Waals surface area contributed by atoms with Gasteiger partial charge in [0.05, 0.1) is 0 Å². The van der Waals surface area contributed by atoms with Crippen LogP contribution in [0.3, 0.4) is 0 Å². The quantitative estimate of drug-likeness (QED) is 0.540. The van der Waals surface area contributed by atoms with Crippen LogP contribution < -0.4 is 5.30 Å². The Hall–Kier alpha value is 0.230. The Labute approximate surface area is 70.1 Å². The Morgan fingerprint density at radius 2 is 1.33 bits per heavy atom. The molecule has 9 heavy (non-hydrogen) atoms. The molecule has 0 heterocycles. The van der Waals surface area contributed by atoms with E-state index in [0.717, 1.165) is 0 Å². The number of hydrogen-bond donors (Lipinski definition) is 0. The third-order valence-electron chi connectivity index (χ3n) is 0.800. The molecule has 0 aliphatic heterocycles. The van der Waals surface area contributed by atoms with Crippen molar-refractivity contribution in [3.63, 3.8) is 0 Å². The molecule has 0 aromatic heterocycles. The van der Waals surface area contributed by atoms with Crippen LogP contribution in [0, 0.1) is 0 Å². The monoisotopic (exact) mass is 182 g/mol. The Bertz CT molecular complexity index is 141. The average Bonchev–Trinajstić information content (AvgIpc) is 1.69. The molecule has 1 aromatic carbocycles. The van der Waals surface area contributed by atoms with Crippen LogP contribution in [0.1, 0.15) is 0 Å². The minimum Gasteiger partial charge on any atom is -0.147 e. The van der Waals surface area contributed by atoms with Crippen molar-refractivity contribution >= 4 is 39.4 Å². The van der Waals surface area contributed by atoms with Crippen LogP contribution >= 0.6 is 34.1 Å². The van der Waals surface area contributed by atoms with Gasteiger partial charge in [-0.15, -0.1) is 34.1 Å². The first-order valence-electron chi connectivity index (χ1n) is 2.20. The lowest BCUT2D eigenvalue weighted by atomic mass is 10.4. The minimum atomic E-state index is 0. The summed E-state index contributed by atoms with van der Waals surface area (Å²) in [6.45, 7) is 0. The molecule has 0 bridgehead atoms. The molecule has 0 nitrogen and oxygen atoms in total. The normalized spacial score (nSPS) is 6.78. The second-order valence-corrected chi connectivity index (χ2v) is 2.08. The van der Waals surface area contributed by atoms with Crippen LogP contribution in [0.25, 0.3) is 0 Å². The maximum absolute atomic E-state index is 2.63. The van der Waals surface area contributed by atoms with E-state index in [1.807, 2.05) is 30.3 Å². The third-order valence-corrected chi connectivity index (χ3v) is 1.18. The molecule has 1 unspecified atom stereocenters. The van der Waals surface area contributed by atoms with Gasteiger partial charge in [-0.05, 0) is 5.30 Å². The van der Waals surface area contributed by atoms with Crippen LogP contribution in [0.4, 0.5) is 0 Å². The number of hydrogen-bond acceptors (Lipinski definition) is 0. The average molecular weight is 183 g/mol. The van der Waals surface area contributed by atoms with Crippen molar-refractivity contribution < 1.29 is 0 Å². The van der Waals surface area contributed by atoms with E-state index in [9.17, 15) is 0 Å². The molecule has 0 spiro atoms. The third kappa shape index (κ3) is 4.72. The van der Waals surface area contributed by atoms with Crippen LogP contribution in [0.15, 0.2) is 30.3 Å². The van der Waals surface area contributed by atoms with E-state index in [1.54, 1.807) is 0 Å². The second-order valence-electron chi connectivity index (χ2n) is 1.41. The van der Waals surface area contributed by atoms with E-state index in [2.05, 4.69) is 9.24 Å². The van der Waals surface area contributed by atoms with E-state index in [4.69, 9.17) is 0 Å². The molecule has 1 aromatic rings. The molecule has 0 fully saturated rings. The SMILES string of the molecule is Cl.Cl.Pc1ccccc1. The molecule has 1 atom stereocenters. The summed E-state index contributed by atoms with van der Waals surface area (Å²) in [6.07, 6.45) is 0. The maximum atomic E-state index is 2.63. The van der Waals surface area contributed by atoms with Crippen molar-refractivity contribution in [2.45, 2.75) is 0 Å².